The van der Waals surface area contributed by atoms with Crippen molar-refractivity contribution in [1.29, 1.82) is 5.26 Å². The van der Waals surface area contributed by atoms with Crippen LogP contribution in [-0.4, -0.2) is 22.6 Å². The zero-order valence-corrected chi connectivity index (χ0v) is 14.1. The Balaban J connectivity index is 1.70. The second-order valence-corrected chi connectivity index (χ2v) is 5.73. The largest absolute Gasteiger partial charge is 0.351 e. The van der Waals surface area contributed by atoms with Crippen molar-refractivity contribution in [3.8, 4) is 17.3 Å². The molecule has 1 heterocycles. The van der Waals surface area contributed by atoms with E-state index in [1.807, 2.05) is 66.7 Å². The number of aromatic nitrogens is 2. The molecule has 0 saturated heterocycles. The van der Waals surface area contributed by atoms with Gasteiger partial charge < -0.3 is 5.32 Å². The average molecular weight is 342 g/mol. The Kier molecular flexibility index (Phi) is 5.58. The van der Waals surface area contributed by atoms with Gasteiger partial charge in [0.25, 0.3) is 5.91 Å². The number of hydrogen-bond acceptors (Lipinski definition) is 3. The molecule has 5 nitrogen and oxygen atoms in total. The summed E-state index contributed by atoms with van der Waals surface area (Å²) in [6.07, 6.45) is 3.88. The van der Waals surface area contributed by atoms with Crippen LogP contribution < -0.4 is 5.32 Å². The van der Waals surface area contributed by atoms with Gasteiger partial charge in [0.1, 0.15) is 11.6 Å². The van der Waals surface area contributed by atoms with Gasteiger partial charge in [-0.2, -0.15) is 10.4 Å². The Morgan fingerprint density at radius 1 is 1.12 bits per heavy atom. The fourth-order valence-electron chi connectivity index (χ4n) is 2.61. The molecule has 26 heavy (non-hydrogen) atoms. The normalized spacial score (nSPS) is 11.0. The van der Waals surface area contributed by atoms with Crippen LogP contribution in [0.4, 0.5) is 0 Å². The van der Waals surface area contributed by atoms with E-state index < -0.39 is 0 Å². The molecule has 0 aliphatic rings. The summed E-state index contributed by atoms with van der Waals surface area (Å²) in [6, 6.07) is 21.5. The Hall–Kier alpha value is -3.65. The van der Waals surface area contributed by atoms with Gasteiger partial charge in [-0.15, -0.1) is 0 Å². The third-order valence-electron chi connectivity index (χ3n) is 3.94. The molecular weight excluding hydrogens is 324 g/mol. The molecule has 0 spiro atoms. The lowest BCUT2D eigenvalue weighted by Gasteiger charge is -2.05. The van der Waals surface area contributed by atoms with E-state index in [1.54, 1.807) is 12.3 Å². The number of aromatic amines is 1. The lowest BCUT2D eigenvalue weighted by atomic mass is 10.1. The van der Waals surface area contributed by atoms with Crippen LogP contribution in [0.15, 0.2) is 72.4 Å². The Labute approximate surface area is 152 Å². The number of nitrogens with one attached hydrogen (secondary N) is 2. The fourth-order valence-corrected chi connectivity index (χ4v) is 2.61. The summed E-state index contributed by atoms with van der Waals surface area (Å²) in [4.78, 5) is 12.3. The molecule has 2 aromatic carbocycles. The van der Waals surface area contributed by atoms with Crippen LogP contribution in [0.5, 0.6) is 0 Å². The number of nitriles is 1. The van der Waals surface area contributed by atoms with E-state index in [0.29, 0.717) is 18.5 Å². The molecule has 0 fully saturated rings. The van der Waals surface area contributed by atoms with Crippen LogP contribution in [0.25, 0.3) is 17.3 Å². The zero-order valence-electron chi connectivity index (χ0n) is 14.1. The first-order chi connectivity index (χ1) is 12.8. The number of benzene rings is 2. The van der Waals surface area contributed by atoms with Crippen molar-refractivity contribution in [3.63, 3.8) is 0 Å². The summed E-state index contributed by atoms with van der Waals surface area (Å²) in [5.41, 5.74) is 3.60. The highest BCUT2D eigenvalue weighted by molar-refractivity contribution is 6.02. The molecule has 1 amide bonds. The maximum atomic E-state index is 12.3. The summed E-state index contributed by atoms with van der Waals surface area (Å²) in [5.74, 6) is -0.386. The van der Waals surface area contributed by atoms with Crippen molar-refractivity contribution >= 4 is 12.0 Å². The molecule has 3 aromatic rings. The smallest absolute Gasteiger partial charge is 0.261 e. The third kappa shape index (κ3) is 4.25. The predicted molar refractivity (Wildman–Crippen MR) is 101 cm³/mol. The van der Waals surface area contributed by atoms with Gasteiger partial charge in [0.05, 0.1) is 11.9 Å². The molecule has 3 rings (SSSR count). The third-order valence-corrected chi connectivity index (χ3v) is 3.94. The second-order valence-electron chi connectivity index (χ2n) is 5.73. The molecule has 5 heteroatoms. The fraction of sp³-hybridized carbons (Fsp3) is 0.0952. The molecule has 1 aromatic heterocycles. The molecule has 0 saturated carbocycles. The molecular formula is C21H18N4O. The van der Waals surface area contributed by atoms with Crippen LogP contribution in [0, 0.1) is 11.3 Å². The SMILES string of the molecule is N#C/C(=C\c1cn[nH]c1-c1ccccc1)C(=O)NCCc1ccccc1. The molecule has 128 valence electrons. The minimum atomic E-state index is -0.386. The van der Waals surface area contributed by atoms with Crippen LogP contribution in [-0.2, 0) is 11.2 Å². The second kappa shape index (κ2) is 8.45. The maximum Gasteiger partial charge on any atom is 0.261 e. The summed E-state index contributed by atoms with van der Waals surface area (Å²) >= 11 is 0. The van der Waals surface area contributed by atoms with Crippen LogP contribution >= 0.6 is 0 Å². The van der Waals surface area contributed by atoms with Gasteiger partial charge in [0, 0.05) is 17.7 Å². The number of carbonyl (C=O) groups is 1. The molecule has 0 aliphatic heterocycles. The van der Waals surface area contributed by atoms with Crippen LogP contribution in [0.1, 0.15) is 11.1 Å². The molecule has 2 N–H and O–H groups in total. The standard InChI is InChI=1S/C21H18N4O/c22-14-18(21(26)23-12-11-16-7-3-1-4-8-16)13-19-15-24-25-20(19)17-9-5-2-6-10-17/h1-10,13,15H,11-12H2,(H,23,26)(H,24,25)/b18-13+. The van der Waals surface area contributed by atoms with Gasteiger partial charge in [0.15, 0.2) is 0 Å². The van der Waals surface area contributed by atoms with Gasteiger partial charge in [-0.25, -0.2) is 0 Å². The first-order valence-corrected chi connectivity index (χ1v) is 8.30. The van der Waals surface area contributed by atoms with E-state index >= 15 is 0 Å². The lowest BCUT2D eigenvalue weighted by molar-refractivity contribution is -0.117. The van der Waals surface area contributed by atoms with Gasteiger partial charge in [0.2, 0.25) is 0 Å². The van der Waals surface area contributed by atoms with Gasteiger partial charge in [-0.1, -0.05) is 60.7 Å². The first-order valence-electron chi connectivity index (χ1n) is 8.30. The quantitative estimate of drug-likeness (QED) is 0.532. The number of H-pyrrole nitrogens is 1. The highest BCUT2D eigenvalue weighted by Gasteiger charge is 2.12. The Morgan fingerprint density at radius 2 is 1.81 bits per heavy atom. The minimum absolute atomic E-state index is 0.0524. The van der Waals surface area contributed by atoms with Crippen molar-refractivity contribution in [2.75, 3.05) is 6.54 Å². The Morgan fingerprint density at radius 3 is 2.50 bits per heavy atom. The summed E-state index contributed by atoms with van der Waals surface area (Å²) < 4.78 is 0. The van der Waals surface area contributed by atoms with E-state index in [1.165, 1.54) is 0 Å². The lowest BCUT2D eigenvalue weighted by Crippen LogP contribution is -2.26. The molecule has 0 unspecified atom stereocenters. The predicted octanol–water partition coefficient (Wildman–Crippen LogP) is 3.34. The zero-order chi connectivity index (χ0) is 18.2. The van der Waals surface area contributed by atoms with Crippen LogP contribution in [0.3, 0.4) is 0 Å². The Bertz CT molecular complexity index is 937. The van der Waals surface area contributed by atoms with Crippen LogP contribution in [0.2, 0.25) is 0 Å². The van der Waals surface area contributed by atoms with E-state index in [4.69, 9.17) is 0 Å². The minimum Gasteiger partial charge on any atom is -0.351 e. The molecule has 0 radical (unpaired) electrons. The highest BCUT2D eigenvalue weighted by Crippen LogP contribution is 2.22. The van der Waals surface area contributed by atoms with E-state index in [9.17, 15) is 10.1 Å². The summed E-state index contributed by atoms with van der Waals surface area (Å²) in [5, 5.41) is 19.1. The number of amides is 1. The summed E-state index contributed by atoms with van der Waals surface area (Å²) in [6.45, 7) is 0.471. The molecule has 0 bridgehead atoms. The van der Waals surface area contributed by atoms with E-state index in [-0.39, 0.29) is 11.5 Å². The highest BCUT2D eigenvalue weighted by atomic mass is 16.1. The number of nitrogens with zero attached hydrogens (tertiary/aromatic N) is 2. The van der Waals surface area contributed by atoms with Crippen molar-refractivity contribution in [2.45, 2.75) is 6.42 Å². The van der Waals surface area contributed by atoms with E-state index in [0.717, 1.165) is 16.8 Å². The average Bonchev–Trinajstić information content (AvgIpc) is 3.15. The monoisotopic (exact) mass is 342 g/mol. The van der Waals surface area contributed by atoms with E-state index in [2.05, 4.69) is 15.5 Å². The topological polar surface area (TPSA) is 81.6 Å². The van der Waals surface area contributed by atoms with Crippen molar-refractivity contribution in [2.24, 2.45) is 0 Å². The number of carbonyl (C=O) groups excluding carboxylic acids is 1. The molecule has 0 aliphatic carbocycles. The summed E-state index contributed by atoms with van der Waals surface area (Å²) in [7, 11) is 0. The van der Waals surface area contributed by atoms with Crippen molar-refractivity contribution in [3.05, 3.63) is 83.6 Å². The van der Waals surface area contributed by atoms with Gasteiger partial charge in [-0.05, 0) is 18.1 Å². The van der Waals surface area contributed by atoms with Crippen molar-refractivity contribution in [1.82, 2.24) is 15.5 Å². The maximum absolute atomic E-state index is 12.3. The number of hydrogen-bond donors (Lipinski definition) is 2. The van der Waals surface area contributed by atoms with Gasteiger partial charge in [-0.3, -0.25) is 9.89 Å². The number of rotatable bonds is 6. The first kappa shape index (κ1) is 17.2. The van der Waals surface area contributed by atoms with Gasteiger partial charge >= 0.3 is 0 Å². The van der Waals surface area contributed by atoms with Crippen molar-refractivity contribution < 1.29 is 4.79 Å². The molecule has 0 atom stereocenters.